The number of rotatable bonds is 4. The van der Waals surface area contributed by atoms with Crippen molar-refractivity contribution in [1.82, 2.24) is 5.32 Å². The van der Waals surface area contributed by atoms with Crippen LogP contribution in [0.2, 0.25) is 0 Å². The molecular formula is C14H27NO. The lowest BCUT2D eigenvalue weighted by molar-refractivity contribution is 0.0212. The Morgan fingerprint density at radius 1 is 1.06 bits per heavy atom. The van der Waals surface area contributed by atoms with E-state index < -0.39 is 5.60 Å². The van der Waals surface area contributed by atoms with E-state index in [4.69, 9.17) is 0 Å². The fraction of sp³-hybridized carbons (Fsp3) is 1.00. The van der Waals surface area contributed by atoms with Crippen molar-refractivity contribution >= 4 is 0 Å². The second-order valence-electron chi connectivity index (χ2n) is 6.40. The summed E-state index contributed by atoms with van der Waals surface area (Å²) >= 11 is 0. The quantitative estimate of drug-likeness (QED) is 0.721. The Bertz CT molecular complexity index is 227. The first-order valence-electron chi connectivity index (χ1n) is 7.00. The van der Waals surface area contributed by atoms with Crippen molar-refractivity contribution in [2.75, 3.05) is 6.54 Å². The van der Waals surface area contributed by atoms with E-state index in [9.17, 15) is 5.11 Å². The molecule has 2 rings (SSSR count). The Hall–Kier alpha value is -0.0800. The molecule has 2 N–H and O–H groups in total. The monoisotopic (exact) mass is 225 g/mol. The summed E-state index contributed by atoms with van der Waals surface area (Å²) in [6.07, 6.45) is 9.67. The van der Waals surface area contributed by atoms with Crippen LogP contribution in [-0.2, 0) is 0 Å². The minimum absolute atomic E-state index is 0.421. The van der Waals surface area contributed by atoms with E-state index in [2.05, 4.69) is 19.2 Å². The van der Waals surface area contributed by atoms with E-state index in [1.165, 1.54) is 38.5 Å². The van der Waals surface area contributed by atoms with Gasteiger partial charge in [-0.1, -0.05) is 32.6 Å². The van der Waals surface area contributed by atoms with Gasteiger partial charge in [0.2, 0.25) is 0 Å². The predicted octanol–water partition coefficient (Wildman–Crippen LogP) is 2.85. The van der Waals surface area contributed by atoms with Gasteiger partial charge < -0.3 is 10.4 Å². The average molecular weight is 225 g/mol. The maximum atomic E-state index is 10.5. The van der Waals surface area contributed by atoms with Gasteiger partial charge in [-0.2, -0.15) is 0 Å². The minimum atomic E-state index is -0.421. The molecule has 2 aliphatic rings. The van der Waals surface area contributed by atoms with Gasteiger partial charge in [0.05, 0.1) is 5.60 Å². The lowest BCUT2D eigenvalue weighted by Gasteiger charge is -2.30. The first kappa shape index (κ1) is 12.4. The van der Waals surface area contributed by atoms with Crippen molar-refractivity contribution in [1.29, 1.82) is 0 Å². The number of aliphatic hydroxyl groups is 1. The molecule has 2 aliphatic carbocycles. The molecule has 0 aromatic heterocycles. The highest BCUT2D eigenvalue weighted by molar-refractivity contribution is 4.97. The van der Waals surface area contributed by atoms with E-state index in [0.717, 1.165) is 19.4 Å². The molecule has 2 fully saturated rings. The van der Waals surface area contributed by atoms with Crippen LogP contribution in [0.4, 0.5) is 0 Å². The van der Waals surface area contributed by atoms with Gasteiger partial charge in [-0.3, -0.25) is 0 Å². The standard InChI is InChI=1S/C14H27NO/c1-12(13(2)9-10-13)15-11-14(16)7-5-3-4-6-8-14/h12,15-16H,3-11H2,1-2H3. The molecule has 0 bridgehead atoms. The molecule has 0 aromatic carbocycles. The second-order valence-corrected chi connectivity index (χ2v) is 6.40. The Morgan fingerprint density at radius 3 is 2.12 bits per heavy atom. The molecule has 0 amide bonds. The van der Waals surface area contributed by atoms with Crippen LogP contribution in [0.5, 0.6) is 0 Å². The first-order valence-corrected chi connectivity index (χ1v) is 7.00. The molecule has 0 radical (unpaired) electrons. The van der Waals surface area contributed by atoms with Crippen LogP contribution >= 0.6 is 0 Å². The lowest BCUT2D eigenvalue weighted by atomic mass is 9.93. The van der Waals surface area contributed by atoms with Gasteiger partial charge in [-0.25, -0.2) is 0 Å². The summed E-state index contributed by atoms with van der Waals surface area (Å²) in [5.74, 6) is 0. The van der Waals surface area contributed by atoms with Crippen molar-refractivity contribution in [3.8, 4) is 0 Å². The fourth-order valence-electron chi connectivity index (χ4n) is 2.78. The maximum absolute atomic E-state index is 10.5. The zero-order valence-corrected chi connectivity index (χ0v) is 10.9. The van der Waals surface area contributed by atoms with Gasteiger partial charge in [0.25, 0.3) is 0 Å². The summed E-state index contributed by atoms with van der Waals surface area (Å²) in [7, 11) is 0. The SMILES string of the molecule is CC(NCC1(O)CCCCCC1)C1(C)CC1. The smallest absolute Gasteiger partial charge is 0.0771 e. The third-order valence-electron chi connectivity index (χ3n) is 4.86. The highest BCUT2D eigenvalue weighted by atomic mass is 16.3. The van der Waals surface area contributed by atoms with E-state index in [1.54, 1.807) is 0 Å². The molecule has 1 unspecified atom stereocenters. The van der Waals surface area contributed by atoms with Gasteiger partial charge in [-0.15, -0.1) is 0 Å². The normalized spacial score (nSPS) is 29.4. The fourth-order valence-corrected chi connectivity index (χ4v) is 2.78. The molecule has 0 spiro atoms. The van der Waals surface area contributed by atoms with E-state index >= 15 is 0 Å². The van der Waals surface area contributed by atoms with Crippen LogP contribution in [-0.4, -0.2) is 23.3 Å². The summed E-state index contributed by atoms with van der Waals surface area (Å²) in [5.41, 5.74) is 0.0943. The van der Waals surface area contributed by atoms with Crippen molar-refractivity contribution in [2.24, 2.45) is 5.41 Å². The van der Waals surface area contributed by atoms with Gasteiger partial charge in [-0.05, 0) is 38.0 Å². The van der Waals surface area contributed by atoms with Crippen molar-refractivity contribution in [3.63, 3.8) is 0 Å². The van der Waals surface area contributed by atoms with Crippen molar-refractivity contribution < 1.29 is 5.11 Å². The Balaban J connectivity index is 1.78. The van der Waals surface area contributed by atoms with Crippen LogP contribution < -0.4 is 5.32 Å². The molecular weight excluding hydrogens is 198 g/mol. The van der Waals surface area contributed by atoms with E-state index in [1.807, 2.05) is 0 Å². The average Bonchev–Trinajstić information content (AvgIpc) is 3.02. The molecule has 94 valence electrons. The third kappa shape index (κ3) is 2.98. The predicted molar refractivity (Wildman–Crippen MR) is 67.5 cm³/mol. The summed E-state index contributed by atoms with van der Waals surface area (Å²) in [6.45, 7) is 5.42. The summed E-state index contributed by atoms with van der Waals surface area (Å²) in [4.78, 5) is 0. The molecule has 0 saturated heterocycles. The largest absolute Gasteiger partial charge is 0.389 e. The molecule has 2 heteroatoms. The molecule has 16 heavy (non-hydrogen) atoms. The van der Waals surface area contributed by atoms with Gasteiger partial charge in [0, 0.05) is 12.6 Å². The van der Waals surface area contributed by atoms with Gasteiger partial charge >= 0.3 is 0 Å². The molecule has 0 heterocycles. The molecule has 2 nitrogen and oxygen atoms in total. The Kier molecular flexibility index (Phi) is 3.60. The minimum Gasteiger partial charge on any atom is -0.389 e. The van der Waals surface area contributed by atoms with E-state index in [0.29, 0.717) is 11.5 Å². The number of hydrogen-bond donors (Lipinski definition) is 2. The lowest BCUT2D eigenvalue weighted by Crippen LogP contribution is -2.45. The summed E-state index contributed by atoms with van der Waals surface area (Å²) < 4.78 is 0. The zero-order valence-electron chi connectivity index (χ0n) is 10.9. The van der Waals surface area contributed by atoms with Crippen LogP contribution in [0, 0.1) is 5.41 Å². The topological polar surface area (TPSA) is 32.3 Å². The Labute approximate surface area is 99.8 Å². The number of nitrogens with one attached hydrogen (secondary N) is 1. The van der Waals surface area contributed by atoms with Crippen LogP contribution in [0.1, 0.15) is 65.2 Å². The van der Waals surface area contributed by atoms with E-state index in [-0.39, 0.29) is 0 Å². The van der Waals surface area contributed by atoms with Crippen molar-refractivity contribution in [2.45, 2.75) is 76.9 Å². The Morgan fingerprint density at radius 2 is 1.62 bits per heavy atom. The molecule has 0 aliphatic heterocycles. The summed E-state index contributed by atoms with van der Waals surface area (Å²) in [6, 6.07) is 0.555. The highest BCUT2D eigenvalue weighted by Gasteiger charge is 2.43. The second kappa shape index (κ2) is 4.66. The first-order chi connectivity index (χ1) is 7.54. The third-order valence-corrected chi connectivity index (χ3v) is 4.86. The highest BCUT2D eigenvalue weighted by Crippen LogP contribution is 2.48. The zero-order chi connectivity index (χ0) is 11.6. The van der Waals surface area contributed by atoms with Crippen molar-refractivity contribution in [3.05, 3.63) is 0 Å². The molecule has 1 atom stereocenters. The van der Waals surface area contributed by atoms with Crippen LogP contribution in [0.3, 0.4) is 0 Å². The molecule has 2 saturated carbocycles. The number of hydrogen-bond acceptors (Lipinski definition) is 2. The van der Waals surface area contributed by atoms with Gasteiger partial charge in [0.15, 0.2) is 0 Å². The summed E-state index contributed by atoms with van der Waals surface area (Å²) in [5, 5.41) is 14.1. The maximum Gasteiger partial charge on any atom is 0.0771 e. The van der Waals surface area contributed by atoms with Crippen LogP contribution in [0.25, 0.3) is 0 Å². The molecule has 0 aromatic rings. The van der Waals surface area contributed by atoms with Crippen LogP contribution in [0.15, 0.2) is 0 Å². The van der Waals surface area contributed by atoms with Gasteiger partial charge in [0.1, 0.15) is 0 Å².